The van der Waals surface area contributed by atoms with Gasteiger partial charge in [-0.25, -0.2) is 8.42 Å². The molecule has 2 atom stereocenters. The van der Waals surface area contributed by atoms with Gasteiger partial charge in [0.25, 0.3) is 5.69 Å². The topological polar surface area (TPSA) is 124 Å². The molecule has 9 nitrogen and oxygen atoms in total. The number of Topliss-reactive ketones (excluding diaryl/α,β-unsaturated/α-hetero) is 1. The highest BCUT2D eigenvalue weighted by atomic mass is 32.2. The normalized spacial score (nSPS) is 20.7. The fourth-order valence-electron chi connectivity index (χ4n) is 4.44. The summed E-state index contributed by atoms with van der Waals surface area (Å²) < 4.78 is 34.0. The third-order valence-corrected chi connectivity index (χ3v) is 8.41. The van der Waals surface area contributed by atoms with Gasteiger partial charge >= 0.3 is 0 Å². The summed E-state index contributed by atoms with van der Waals surface area (Å²) in [5.41, 5.74) is 0.495. The summed E-state index contributed by atoms with van der Waals surface area (Å²) in [5, 5.41) is 11.5. The highest BCUT2D eigenvalue weighted by Gasteiger charge is 2.33. The molecule has 0 spiro atoms. The second-order valence-electron chi connectivity index (χ2n) is 9.03. The van der Waals surface area contributed by atoms with Gasteiger partial charge in [-0.15, -0.1) is 0 Å². The lowest BCUT2D eigenvalue weighted by molar-refractivity contribution is -0.387. The van der Waals surface area contributed by atoms with Gasteiger partial charge in [0.2, 0.25) is 10.0 Å². The van der Waals surface area contributed by atoms with E-state index in [1.54, 1.807) is 0 Å². The summed E-state index contributed by atoms with van der Waals surface area (Å²) in [6, 6.07) is 14.8. The van der Waals surface area contributed by atoms with Gasteiger partial charge in [0.1, 0.15) is 12.1 Å². The van der Waals surface area contributed by atoms with E-state index in [1.165, 1.54) is 28.6 Å². The summed E-state index contributed by atoms with van der Waals surface area (Å²) >= 11 is 0. The molecule has 0 aromatic heterocycles. The molecule has 0 bridgehead atoms. The Morgan fingerprint density at radius 2 is 1.75 bits per heavy atom. The maximum Gasteiger partial charge on any atom is 0.289 e. The van der Waals surface area contributed by atoms with Crippen LogP contribution in [0, 0.1) is 22.0 Å². The molecule has 0 N–H and O–H groups in total. The molecule has 10 heteroatoms. The van der Waals surface area contributed by atoms with E-state index >= 15 is 0 Å². The molecular formula is C26H32N2O7S. The van der Waals surface area contributed by atoms with E-state index in [0.29, 0.717) is 32.3 Å². The summed E-state index contributed by atoms with van der Waals surface area (Å²) in [5.74, 6) is -0.901. The molecule has 0 aliphatic carbocycles. The predicted octanol–water partition coefficient (Wildman–Crippen LogP) is 4.16. The molecule has 1 fully saturated rings. The average molecular weight is 517 g/mol. The number of ether oxygens (including phenoxy) is 1. The van der Waals surface area contributed by atoms with Crippen LogP contribution in [0.25, 0.3) is 0 Å². The third kappa shape index (κ3) is 7.52. The van der Waals surface area contributed by atoms with Crippen LogP contribution in [0.4, 0.5) is 5.69 Å². The Bertz CT molecular complexity index is 1140. The van der Waals surface area contributed by atoms with Crippen LogP contribution >= 0.6 is 0 Å². The Morgan fingerprint density at radius 1 is 1.03 bits per heavy atom. The van der Waals surface area contributed by atoms with E-state index in [4.69, 9.17) is 4.74 Å². The van der Waals surface area contributed by atoms with Gasteiger partial charge in [0.15, 0.2) is 4.90 Å². The van der Waals surface area contributed by atoms with Gasteiger partial charge in [-0.05, 0) is 36.8 Å². The number of nitro benzene ring substituents is 1. The standard InChI is InChI=1S/C26H32N2O7S/c29-18-22-14-16-27(36(33,34)26-13-7-6-12-25(26)28(31)32)15-8-2-5-11-24(30)17-23(22)20-35-19-21-9-3-1-4-10-21/h1,3-4,6-7,9-10,12-13,18,22-23H,2,5,8,11,14-17,19-20H2. The summed E-state index contributed by atoms with van der Waals surface area (Å²) in [7, 11) is -4.16. The number of hydrogen-bond donors (Lipinski definition) is 0. The minimum atomic E-state index is -4.16. The molecule has 2 aromatic carbocycles. The molecule has 1 heterocycles. The maximum absolute atomic E-state index is 13.4. The number of para-hydroxylation sites is 1. The minimum absolute atomic E-state index is 0.0150. The smallest absolute Gasteiger partial charge is 0.289 e. The second-order valence-corrected chi connectivity index (χ2v) is 10.9. The first-order valence-corrected chi connectivity index (χ1v) is 13.6. The first-order valence-electron chi connectivity index (χ1n) is 12.1. The van der Waals surface area contributed by atoms with E-state index < -0.39 is 26.6 Å². The average Bonchev–Trinajstić information content (AvgIpc) is 2.87. The van der Waals surface area contributed by atoms with E-state index in [-0.39, 0.29) is 49.1 Å². The number of nitro groups is 1. The monoisotopic (exact) mass is 516 g/mol. The van der Waals surface area contributed by atoms with Crippen molar-refractivity contribution < 1.29 is 27.7 Å². The molecule has 2 unspecified atom stereocenters. The number of aldehydes is 1. The highest BCUT2D eigenvalue weighted by Crippen LogP contribution is 2.29. The van der Waals surface area contributed by atoms with E-state index in [0.717, 1.165) is 11.8 Å². The Morgan fingerprint density at radius 3 is 2.47 bits per heavy atom. The van der Waals surface area contributed by atoms with Crippen LogP contribution in [0.15, 0.2) is 59.5 Å². The zero-order valence-electron chi connectivity index (χ0n) is 20.2. The van der Waals surface area contributed by atoms with E-state index in [9.17, 15) is 28.1 Å². The first kappa shape index (κ1) is 27.6. The Balaban J connectivity index is 1.79. The molecule has 0 radical (unpaired) electrons. The molecule has 194 valence electrons. The van der Waals surface area contributed by atoms with Crippen LogP contribution in [-0.2, 0) is 31.0 Å². The van der Waals surface area contributed by atoms with Crippen molar-refractivity contribution in [1.82, 2.24) is 4.31 Å². The Labute approximate surface area is 211 Å². The quantitative estimate of drug-likeness (QED) is 0.293. The lowest BCUT2D eigenvalue weighted by atomic mass is 9.86. The van der Waals surface area contributed by atoms with Crippen LogP contribution < -0.4 is 0 Å². The van der Waals surface area contributed by atoms with Gasteiger partial charge < -0.3 is 9.53 Å². The van der Waals surface area contributed by atoms with Gasteiger partial charge in [-0.2, -0.15) is 4.31 Å². The summed E-state index contributed by atoms with van der Waals surface area (Å²) in [4.78, 5) is 35.0. The van der Waals surface area contributed by atoms with Crippen molar-refractivity contribution in [2.45, 2.75) is 50.0 Å². The van der Waals surface area contributed by atoms with Crippen molar-refractivity contribution >= 4 is 27.8 Å². The third-order valence-electron chi connectivity index (χ3n) is 6.47. The molecule has 2 aromatic rings. The number of carbonyl (C=O) groups excluding carboxylic acids is 2. The van der Waals surface area contributed by atoms with Crippen LogP contribution in [0.1, 0.15) is 44.1 Å². The van der Waals surface area contributed by atoms with Gasteiger partial charge in [-0.3, -0.25) is 14.9 Å². The molecule has 0 amide bonds. The van der Waals surface area contributed by atoms with Gasteiger partial charge in [0.05, 0.1) is 18.1 Å². The number of sulfonamides is 1. The molecule has 3 rings (SSSR count). The molecular weight excluding hydrogens is 484 g/mol. The van der Waals surface area contributed by atoms with Crippen LogP contribution in [0.5, 0.6) is 0 Å². The van der Waals surface area contributed by atoms with Crippen molar-refractivity contribution in [3.63, 3.8) is 0 Å². The number of benzene rings is 2. The van der Waals surface area contributed by atoms with Gasteiger partial charge in [-0.1, -0.05) is 48.9 Å². The van der Waals surface area contributed by atoms with E-state index in [2.05, 4.69) is 0 Å². The summed E-state index contributed by atoms with van der Waals surface area (Å²) in [6.45, 7) is 0.709. The second kappa shape index (κ2) is 13.4. The number of rotatable bonds is 8. The van der Waals surface area contributed by atoms with Crippen LogP contribution in [0.2, 0.25) is 0 Å². The van der Waals surface area contributed by atoms with Crippen molar-refractivity contribution in [2.24, 2.45) is 11.8 Å². The number of hydrogen-bond acceptors (Lipinski definition) is 7. The van der Waals surface area contributed by atoms with Crippen molar-refractivity contribution in [3.8, 4) is 0 Å². The van der Waals surface area contributed by atoms with Crippen LogP contribution in [-0.4, -0.2) is 49.4 Å². The van der Waals surface area contributed by atoms with Crippen molar-refractivity contribution in [3.05, 3.63) is 70.3 Å². The fraction of sp³-hybridized carbons (Fsp3) is 0.462. The summed E-state index contributed by atoms with van der Waals surface area (Å²) in [6.07, 6.45) is 3.29. The van der Waals surface area contributed by atoms with Gasteiger partial charge in [0, 0.05) is 37.9 Å². The molecule has 0 saturated carbocycles. The number of carbonyl (C=O) groups is 2. The zero-order chi connectivity index (χ0) is 26.0. The Kier molecular flexibility index (Phi) is 10.3. The highest BCUT2D eigenvalue weighted by molar-refractivity contribution is 7.89. The van der Waals surface area contributed by atoms with Crippen LogP contribution in [0.3, 0.4) is 0 Å². The maximum atomic E-state index is 13.4. The van der Waals surface area contributed by atoms with E-state index in [1.807, 2.05) is 30.3 Å². The molecule has 1 aliphatic heterocycles. The lowest BCUT2D eigenvalue weighted by Gasteiger charge is -2.27. The number of ketones is 1. The SMILES string of the molecule is O=CC1CCN(S(=O)(=O)c2ccccc2[N+](=O)[O-])CCCCCC(=O)CC1COCc1ccccc1. The minimum Gasteiger partial charge on any atom is -0.376 e. The number of nitrogens with zero attached hydrogens (tertiary/aromatic N) is 2. The largest absolute Gasteiger partial charge is 0.376 e. The zero-order valence-corrected chi connectivity index (χ0v) is 21.0. The molecule has 1 saturated heterocycles. The predicted molar refractivity (Wildman–Crippen MR) is 134 cm³/mol. The van der Waals surface area contributed by atoms with Crippen molar-refractivity contribution in [1.29, 1.82) is 0 Å². The lowest BCUT2D eigenvalue weighted by Crippen LogP contribution is -2.36. The fourth-order valence-corrected chi connectivity index (χ4v) is 6.09. The Hall–Kier alpha value is -2.95. The van der Waals surface area contributed by atoms with Crippen molar-refractivity contribution in [2.75, 3.05) is 19.7 Å². The molecule has 36 heavy (non-hydrogen) atoms. The molecule has 1 aliphatic rings. The first-order chi connectivity index (χ1) is 17.3.